The highest BCUT2D eigenvalue weighted by molar-refractivity contribution is 5.94. The van der Waals surface area contributed by atoms with Crippen molar-refractivity contribution in [2.75, 3.05) is 18.0 Å². The molecule has 0 aromatic heterocycles. The van der Waals surface area contributed by atoms with E-state index in [0.29, 0.717) is 19.5 Å². The first-order valence-electron chi connectivity index (χ1n) is 8.83. The van der Waals surface area contributed by atoms with Gasteiger partial charge in [-0.1, -0.05) is 48.5 Å². The summed E-state index contributed by atoms with van der Waals surface area (Å²) in [6.07, 6.45) is 2.31. The zero-order chi connectivity index (χ0) is 17.6. The van der Waals surface area contributed by atoms with E-state index in [4.69, 9.17) is 0 Å². The third-order valence-corrected chi connectivity index (χ3v) is 4.69. The van der Waals surface area contributed by atoms with Crippen LogP contribution in [0.25, 0.3) is 0 Å². The fraction of sp³-hybridized carbons (Fsp3) is 0.333. The molecule has 1 atom stereocenters. The van der Waals surface area contributed by atoms with Crippen LogP contribution in [0.15, 0.2) is 54.6 Å². The van der Waals surface area contributed by atoms with Crippen LogP contribution in [0.5, 0.6) is 0 Å². The summed E-state index contributed by atoms with van der Waals surface area (Å²) >= 11 is 0. The van der Waals surface area contributed by atoms with Crippen LogP contribution in [-0.4, -0.2) is 24.9 Å². The van der Waals surface area contributed by atoms with Gasteiger partial charge in [-0.25, -0.2) is 0 Å². The van der Waals surface area contributed by atoms with Gasteiger partial charge >= 0.3 is 0 Å². The molecule has 0 spiro atoms. The Hall–Kier alpha value is -2.62. The number of hydrogen-bond acceptors (Lipinski definition) is 2. The second-order valence-electron chi connectivity index (χ2n) is 6.53. The molecule has 1 N–H and O–H groups in total. The molecule has 2 aromatic rings. The van der Waals surface area contributed by atoms with Gasteiger partial charge in [0, 0.05) is 38.0 Å². The van der Waals surface area contributed by atoms with Gasteiger partial charge in [-0.15, -0.1) is 0 Å². The maximum atomic E-state index is 12.3. The first-order valence-corrected chi connectivity index (χ1v) is 8.83. The Kier molecular flexibility index (Phi) is 5.49. The number of benzene rings is 2. The Labute approximate surface area is 148 Å². The van der Waals surface area contributed by atoms with Gasteiger partial charge in [0.1, 0.15) is 0 Å². The summed E-state index contributed by atoms with van der Waals surface area (Å²) in [6, 6.07) is 18.2. The molecule has 25 heavy (non-hydrogen) atoms. The molecule has 1 heterocycles. The van der Waals surface area contributed by atoms with Crippen LogP contribution in [0.3, 0.4) is 0 Å². The first-order chi connectivity index (χ1) is 12.1. The molecule has 2 aromatic carbocycles. The van der Waals surface area contributed by atoms with Crippen LogP contribution >= 0.6 is 0 Å². The molecule has 1 unspecified atom stereocenters. The molecule has 4 nitrogen and oxygen atoms in total. The van der Waals surface area contributed by atoms with Gasteiger partial charge in [-0.05, 0) is 30.0 Å². The van der Waals surface area contributed by atoms with Crippen molar-refractivity contribution in [3.63, 3.8) is 0 Å². The van der Waals surface area contributed by atoms with Gasteiger partial charge in [-0.2, -0.15) is 0 Å². The molecule has 0 aliphatic carbocycles. The van der Waals surface area contributed by atoms with Gasteiger partial charge in [0.15, 0.2) is 0 Å². The third-order valence-electron chi connectivity index (χ3n) is 4.69. The van der Waals surface area contributed by atoms with Crippen molar-refractivity contribution in [1.82, 2.24) is 5.32 Å². The Morgan fingerprint density at radius 2 is 1.80 bits per heavy atom. The minimum atomic E-state index is 0.0261. The van der Waals surface area contributed by atoms with Gasteiger partial charge in [-0.3, -0.25) is 9.59 Å². The first kappa shape index (κ1) is 17.2. The zero-order valence-electron chi connectivity index (χ0n) is 14.6. The smallest absolute Gasteiger partial charge is 0.223 e. The lowest BCUT2D eigenvalue weighted by molar-refractivity contribution is -0.121. The summed E-state index contributed by atoms with van der Waals surface area (Å²) in [5.74, 6) is 0.158. The Morgan fingerprint density at radius 3 is 2.56 bits per heavy atom. The van der Waals surface area contributed by atoms with Crippen molar-refractivity contribution in [1.29, 1.82) is 0 Å². The van der Waals surface area contributed by atoms with Crippen molar-refractivity contribution in [3.8, 4) is 0 Å². The molecular weight excluding hydrogens is 312 g/mol. The number of fused-ring (bicyclic) bond motifs is 1. The summed E-state index contributed by atoms with van der Waals surface area (Å²) < 4.78 is 0. The van der Waals surface area contributed by atoms with E-state index in [9.17, 15) is 9.59 Å². The number of nitrogens with zero attached hydrogens (tertiary/aromatic N) is 1. The number of carbonyl (C=O) groups is 2. The van der Waals surface area contributed by atoms with Gasteiger partial charge in [0.25, 0.3) is 0 Å². The number of anilines is 1. The molecule has 1 aliphatic rings. The number of amides is 2. The van der Waals surface area contributed by atoms with Crippen LogP contribution in [0.1, 0.15) is 36.8 Å². The lowest BCUT2D eigenvalue weighted by Gasteiger charge is -2.15. The Balaban J connectivity index is 1.49. The van der Waals surface area contributed by atoms with Gasteiger partial charge in [0.05, 0.1) is 0 Å². The fourth-order valence-corrected chi connectivity index (χ4v) is 3.43. The molecule has 0 fully saturated rings. The summed E-state index contributed by atoms with van der Waals surface area (Å²) in [7, 11) is 0. The van der Waals surface area contributed by atoms with E-state index in [-0.39, 0.29) is 17.7 Å². The number of carbonyl (C=O) groups excluding carboxylic acids is 2. The fourth-order valence-electron chi connectivity index (χ4n) is 3.43. The van der Waals surface area contributed by atoms with E-state index in [0.717, 1.165) is 24.1 Å². The monoisotopic (exact) mass is 336 g/mol. The summed E-state index contributed by atoms with van der Waals surface area (Å²) in [5.41, 5.74) is 3.33. The van der Waals surface area contributed by atoms with E-state index < -0.39 is 0 Å². The molecule has 0 bridgehead atoms. The van der Waals surface area contributed by atoms with Crippen LogP contribution in [0.4, 0.5) is 5.69 Å². The van der Waals surface area contributed by atoms with Crippen molar-refractivity contribution < 1.29 is 9.59 Å². The van der Waals surface area contributed by atoms with Crippen LogP contribution < -0.4 is 10.2 Å². The molecule has 2 amide bonds. The van der Waals surface area contributed by atoms with Crippen LogP contribution in [0.2, 0.25) is 0 Å². The number of aryl methyl sites for hydroxylation is 1. The standard InChI is InChI=1S/C21H24N2O2/c1-16(24)23-15-18(19-11-5-6-12-20(19)23)14-21(25)22-13-7-10-17-8-3-2-4-9-17/h2-6,8-9,11-12,18H,7,10,13-15H2,1H3,(H,22,25). The SMILES string of the molecule is CC(=O)N1CC(CC(=O)NCCCc2ccccc2)c2ccccc21. The molecule has 3 rings (SSSR count). The predicted molar refractivity (Wildman–Crippen MR) is 99.6 cm³/mol. The highest BCUT2D eigenvalue weighted by Gasteiger charge is 2.31. The van der Waals surface area contributed by atoms with Crippen LogP contribution in [0, 0.1) is 0 Å². The molecule has 0 radical (unpaired) electrons. The minimum Gasteiger partial charge on any atom is -0.356 e. The van der Waals surface area contributed by atoms with E-state index >= 15 is 0 Å². The Bertz CT molecular complexity index is 743. The molecule has 130 valence electrons. The van der Waals surface area contributed by atoms with E-state index in [1.165, 1.54) is 5.56 Å². The van der Waals surface area contributed by atoms with Crippen molar-refractivity contribution >= 4 is 17.5 Å². The Morgan fingerprint density at radius 1 is 1.08 bits per heavy atom. The highest BCUT2D eigenvalue weighted by Crippen LogP contribution is 2.37. The lowest BCUT2D eigenvalue weighted by atomic mass is 9.97. The van der Waals surface area contributed by atoms with Crippen LogP contribution in [-0.2, 0) is 16.0 Å². The van der Waals surface area contributed by atoms with Crippen molar-refractivity contribution in [3.05, 3.63) is 65.7 Å². The van der Waals surface area contributed by atoms with E-state index in [2.05, 4.69) is 17.4 Å². The van der Waals surface area contributed by atoms with E-state index in [1.54, 1.807) is 11.8 Å². The third kappa shape index (κ3) is 4.27. The number of hydrogen-bond donors (Lipinski definition) is 1. The number of para-hydroxylation sites is 1. The molecular formula is C21H24N2O2. The molecule has 0 saturated carbocycles. The van der Waals surface area contributed by atoms with Gasteiger partial charge < -0.3 is 10.2 Å². The number of nitrogens with one attached hydrogen (secondary N) is 1. The summed E-state index contributed by atoms with van der Waals surface area (Å²) in [5, 5.41) is 3.01. The summed E-state index contributed by atoms with van der Waals surface area (Å²) in [6.45, 7) is 2.84. The van der Waals surface area contributed by atoms with E-state index in [1.807, 2.05) is 42.5 Å². The average Bonchev–Trinajstić information content (AvgIpc) is 2.99. The molecule has 0 saturated heterocycles. The average molecular weight is 336 g/mol. The lowest BCUT2D eigenvalue weighted by Crippen LogP contribution is -2.30. The van der Waals surface area contributed by atoms with Crippen molar-refractivity contribution in [2.45, 2.75) is 32.1 Å². The van der Waals surface area contributed by atoms with Crippen molar-refractivity contribution in [2.24, 2.45) is 0 Å². The zero-order valence-corrected chi connectivity index (χ0v) is 14.6. The molecule has 4 heteroatoms. The second kappa shape index (κ2) is 7.97. The summed E-state index contributed by atoms with van der Waals surface area (Å²) in [4.78, 5) is 25.9. The molecule has 1 aliphatic heterocycles. The maximum Gasteiger partial charge on any atom is 0.223 e. The normalized spacial score (nSPS) is 15.7. The minimum absolute atomic E-state index is 0.0261. The largest absolute Gasteiger partial charge is 0.356 e. The highest BCUT2D eigenvalue weighted by atomic mass is 16.2. The van der Waals surface area contributed by atoms with Gasteiger partial charge in [0.2, 0.25) is 11.8 Å². The predicted octanol–water partition coefficient (Wildman–Crippen LogP) is 3.28. The topological polar surface area (TPSA) is 49.4 Å². The quantitative estimate of drug-likeness (QED) is 0.823. The maximum absolute atomic E-state index is 12.3. The second-order valence-corrected chi connectivity index (χ2v) is 6.53. The number of rotatable bonds is 6.